The molecule has 1 heterocycles. The number of rotatable bonds is 4. The van der Waals surface area contributed by atoms with Gasteiger partial charge in [0.05, 0.1) is 11.6 Å². The van der Waals surface area contributed by atoms with Gasteiger partial charge in [0.2, 0.25) is 5.88 Å². The monoisotopic (exact) mass is 409 g/mol. The summed E-state index contributed by atoms with van der Waals surface area (Å²) in [4.78, 5) is 35.1. The van der Waals surface area contributed by atoms with Crippen LogP contribution < -0.4 is 10.3 Å². The highest BCUT2D eigenvalue weighted by atomic mass is 79.9. The Balaban J connectivity index is 2.41. The Kier molecular flexibility index (Phi) is 5.28. The van der Waals surface area contributed by atoms with Crippen molar-refractivity contribution in [3.63, 3.8) is 0 Å². The second-order valence-corrected chi connectivity index (χ2v) is 5.63. The Morgan fingerprint density at radius 3 is 2.52 bits per heavy atom. The first-order valence-electron chi connectivity index (χ1n) is 6.73. The number of carbonyl (C=O) groups excluding carboxylic acids is 1. The first-order chi connectivity index (χ1) is 11.8. The van der Waals surface area contributed by atoms with E-state index in [9.17, 15) is 24.6 Å². The third kappa shape index (κ3) is 3.72. The van der Waals surface area contributed by atoms with Crippen molar-refractivity contribution in [3.05, 3.63) is 56.3 Å². The van der Waals surface area contributed by atoms with Gasteiger partial charge in [-0.15, -0.1) is 0 Å². The molecule has 25 heavy (non-hydrogen) atoms. The molecule has 0 aliphatic carbocycles. The molecule has 0 saturated heterocycles. The molecule has 0 bridgehead atoms. The lowest BCUT2D eigenvalue weighted by atomic mass is 10.1. The molecule has 0 atom stereocenters. The van der Waals surface area contributed by atoms with Gasteiger partial charge in [0, 0.05) is 12.1 Å². The number of halogens is 1. The molecular weight excluding hydrogens is 398 g/mol. The van der Waals surface area contributed by atoms with Gasteiger partial charge in [-0.25, -0.2) is 9.36 Å². The maximum atomic E-state index is 12.1. The largest absolute Gasteiger partial charge is 0.503 e. The lowest BCUT2D eigenvalue weighted by Crippen LogP contribution is -2.25. The van der Waals surface area contributed by atoms with Gasteiger partial charge >= 0.3 is 11.5 Å². The SMILES string of the molecule is COc1ccc(/C=C/C(=O)n2c(O)c(Br)cc(O)c2=O)cc1C(=O)O. The quantitative estimate of drug-likeness (QED) is 0.659. The molecule has 130 valence electrons. The molecule has 0 unspecified atom stereocenters. The minimum Gasteiger partial charge on any atom is -0.503 e. The lowest BCUT2D eigenvalue weighted by molar-refractivity contribution is 0.0693. The fourth-order valence-corrected chi connectivity index (χ4v) is 2.40. The second-order valence-electron chi connectivity index (χ2n) is 4.78. The summed E-state index contributed by atoms with van der Waals surface area (Å²) in [7, 11) is 1.33. The van der Waals surface area contributed by atoms with E-state index in [-0.39, 0.29) is 15.8 Å². The second kappa shape index (κ2) is 7.22. The van der Waals surface area contributed by atoms with Crippen molar-refractivity contribution in [1.82, 2.24) is 4.57 Å². The van der Waals surface area contributed by atoms with Crippen LogP contribution >= 0.6 is 15.9 Å². The fourth-order valence-electron chi connectivity index (χ4n) is 2.01. The van der Waals surface area contributed by atoms with E-state index in [2.05, 4.69) is 15.9 Å². The zero-order valence-electron chi connectivity index (χ0n) is 12.8. The van der Waals surface area contributed by atoms with Crippen molar-refractivity contribution < 1.29 is 29.6 Å². The van der Waals surface area contributed by atoms with Gasteiger partial charge in [0.1, 0.15) is 11.3 Å². The maximum absolute atomic E-state index is 12.1. The Bertz CT molecular complexity index is 946. The first-order valence-corrected chi connectivity index (χ1v) is 7.52. The van der Waals surface area contributed by atoms with E-state index < -0.39 is 29.1 Å². The van der Waals surface area contributed by atoms with Crippen molar-refractivity contribution in [1.29, 1.82) is 0 Å². The fraction of sp³-hybridized carbons (Fsp3) is 0.0625. The minimum absolute atomic E-state index is 0.0380. The molecule has 2 rings (SSSR count). The van der Waals surface area contributed by atoms with E-state index in [0.717, 1.165) is 12.1 Å². The maximum Gasteiger partial charge on any atom is 0.339 e. The molecule has 1 aromatic heterocycles. The standard InChI is InChI=1S/C16H12BrNO7/c1-25-12-4-2-8(6-9(12)16(23)24)3-5-13(20)18-14(21)10(17)7-11(19)15(18)22/h2-7,19,21H,1H3,(H,23,24)/b5-3+. The molecule has 1 aromatic carbocycles. The Labute approximate surface area is 149 Å². The summed E-state index contributed by atoms with van der Waals surface area (Å²) in [6.07, 6.45) is 2.22. The third-order valence-electron chi connectivity index (χ3n) is 3.20. The van der Waals surface area contributed by atoms with Crippen LogP contribution in [0.1, 0.15) is 20.7 Å². The van der Waals surface area contributed by atoms with Crippen LogP contribution in [0.25, 0.3) is 6.08 Å². The predicted octanol–water partition coefficient (Wildman–Crippen LogP) is 2.08. The molecule has 3 N–H and O–H groups in total. The topological polar surface area (TPSA) is 126 Å². The third-order valence-corrected chi connectivity index (χ3v) is 3.79. The number of benzene rings is 1. The molecule has 0 radical (unpaired) electrons. The Morgan fingerprint density at radius 1 is 1.24 bits per heavy atom. The number of aromatic carboxylic acids is 1. The van der Waals surface area contributed by atoms with Crippen LogP contribution in [0.5, 0.6) is 17.4 Å². The molecule has 0 aliphatic heterocycles. The van der Waals surface area contributed by atoms with E-state index in [0.29, 0.717) is 10.1 Å². The number of aromatic hydroxyl groups is 2. The molecule has 8 nitrogen and oxygen atoms in total. The van der Waals surface area contributed by atoms with Gasteiger partial charge in [0.15, 0.2) is 5.75 Å². The molecule has 0 aliphatic rings. The molecule has 0 spiro atoms. The van der Waals surface area contributed by atoms with E-state index in [4.69, 9.17) is 9.84 Å². The highest BCUT2D eigenvalue weighted by Crippen LogP contribution is 2.25. The van der Waals surface area contributed by atoms with Crippen LogP contribution in [-0.2, 0) is 0 Å². The predicted molar refractivity (Wildman–Crippen MR) is 91.3 cm³/mol. The summed E-state index contributed by atoms with van der Waals surface area (Å²) in [6.45, 7) is 0. The summed E-state index contributed by atoms with van der Waals surface area (Å²) >= 11 is 2.91. The summed E-state index contributed by atoms with van der Waals surface area (Å²) in [5.41, 5.74) is -0.827. The van der Waals surface area contributed by atoms with E-state index in [1.807, 2.05) is 0 Å². The number of hydrogen-bond donors (Lipinski definition) is 3. The molecule has 2 aromatic rings. The highest BCUT2D eigenvalue weighted by molar-refractivity contribution is 9.10. The molecule has 0 fully saturated rings. The average molecular weight is 410 g/mol. The number of carboxylic acids is 1. The molecule has 9 heteroatoms. The molecule has 0 amide bonds. The van der Waals surface area contributed by atoms with Gasteiger partial charge < -0.3 is 20.1 Å². The Hall–Kier alpha value is -3.07. The van der Waals surface area contributed by atoms with E-state index >= 15 is 0 Å². The van der Waals surface area contributed by atoms with E-state index in [1.54, 1.807) is 0 Å². The number of hydrogen-bond acceptors (Lipinski definition) is 6. The van der Waals surface area contributed by atoms with E-state index in [1.165, 1.54) is 31.4 Å². The van der Waals surface area contributed by atoms with Crippen LogP contribution in [0.15, 0.2) is 39.6 Å². The number of nitrogens with zero attached hydrogens (tertiary/aromatic N) is 1. The van der Waals surface area contributed by atoms with Crippen molar-refractivity contribution in [2.45, 2.75) is 0 Å². The van der Waals surface area contributed by atoms with Crippen LogP contribution in [0, 0.1) is 0 Å². The zero-order valence-corrected chi connectivity index (χ0v) is 14.3. The summed E-state index contributed by atoms with van der Waals surface area (Å²) < 4.78 is 5.27. The van der Waals surface area contributed by atoms with Crippen molar-refractivity contribution in [2.24, 2.45) is 0 Å². The summed E-state index contributed by atoms with van der Waals surface area (Å²) in [5.74, 6) is -3.36. The van der Waals surface area contributed by atoms with Crippen molar-refractivity contribution in [3.8, 4) is 17.4 Å². The molecular formula is C16H12BrNO7. The van der Waals surface area contributed by atoms with Crippen LogP contribution in [0.2, 0.25) is 0 Å². The number of allylic oxidation sites excluding steroid dienone is 1. The summed E-state index contributed by atoms with van der Waals surface area (Å²) in [6, 6.07) is 5.18. The number of carbonyl (C=O) groups is 2. The van der Waals surface area contributed by atoms with Crippen LogP contribution in [0.3, 0.4) is 0 Å². The Morgan fingerprint density at radius 2 is 1.92 bits per heavy atom. The van der Waals surface area contributed by atoms with Gasteiger partial charge in [-0.1, -0.05) is 6.07 Å². The number of aromatic nitrogens is 1. The normalized spacial score (nSPS) is 10.8. The van der Waals surface area contributed by atoms with Gasteiger partial charge in [-0.05, 0) is 39.7 Å². The van der Waals surface area contributed by atoms with Gasteiger partial charge in [0.25, 0.3) is 5.91 Å². The summed E-state index contributed by atoms with van der Waals surface area (Å²) in [5, 5.41) is 28.4. The first kappa shape index (κ1) is 18.3. The smallest absolute Gasteiger partial charge is 0.339 e. The highest BCUT2D eigenvalue weighted by Gasteiger charge is 2.16. The minimum atomic E-state index is -1.20. The van der Waals surface area contributed by atoms with Crippen molar-refractivity contribution >= 4 is 33.9 Å². The number of methoxy groups -OCH3 is 1. The number of carboxylic acid groups (broad SMARTS) is 1. The zero-order chi connectivity index (χ0) is 18.7. The average Bonchev–Trinajstić information content (AvgIpc) is 2.58. The van der Waals surface area contributed by atoms with Crippen molar-refractivity contribution in [2.75, 3.05) is 7.11 Å². The van der Waals surface area contributed by atoms with Gasteiger partial charge in [-0.2, -0.15) is 0 Å². The van der Waals surface area contributed by atoms with Gasteiger partial charge in [-0.3, -0.25) is 9.59 Å². The number of pyridine rings is 1. The number of ether oxygens (including phenoxy) is 1. The van der Waals surface area contributed by atoms with Crippen LogP contribution in [0.4, 0.5) is 0 Å². The molecule has 0 saturated carbocycles. The lowest BCUT2D eigenvalue weighted by Gasteiger charge is -2.07. The van der Waals surface area contributed by atoms with Crippen LogP contribution in [-0.4, -0.2) is 38.9 Å².